The summed E-state index contributed by atoms with van der Waals surface area (Å²) in [7, 11) is -4.70. The number of carbonyl (C=O) groups is 2. The minimum atomic E-state index is -4.70. The van der Waals surface area contributed by atoms with Gasteiger partial charge in [0.25, 0.3) is 0 Å². The van der Waals surface area contributed by atoms with Crippen LogP contribution < -0.4 is 0 Å². The largest absolute Gasteiger partial charge is 0.469 e. The Morgan fingerprint density at radius 2 is 1.28 bits per heavy atom. The third-order valence-corrected chi connectivity index (χ3v) is 4.86. The summed E-state index contributed by atoms with van der Waals surface area (Å²) in [6.07, 6.45) is 11.1. The summed E-state index contributed by atoms with van der Waals surface area (Å²) in [5.74, 6) is -0.931. The van der Waals surface area contributed by atoms with Crippen molar-refractivity contribution in [2.24, 2.45) is 0 Å². The molecule has 0 spiro atoms. The smallest absolute Gasteiger partial charge is 0.462 e. The molecular weight excluding hydrogens is 399 g/mol. The Kier molecular flexibility index (Phi) is 17.3. The monoisotopic (exact) mass is 438 g/mol. The van der Waals surface area contributed by atoms with Gasteiger partial charge in [-0.25, -0.2) is 4.57 Å². The van der Waals surface area contributed by atoms with Crippen LogP contribution in [-0.4, -0.2) is 41.0 Å². The van der Waals surface area contributed by atoms with Crippen molar-refractivity contribution in [2.45, 2.75) is 103 Å². The van der Waals surface area contributed by atoms with Crippen LogP contribution in [0.5, 0.6) is 0 Å². The number of hydrogen-bond acceptors (Lipinski definition) is 6. The number of unbranched alkanes of at least 4 members (excludes halogenated alkanes) is 9. The Bertz CT molecular complexity index is 477. The molecular formula is C20H39O8P. The van der Waals surface area contributed by atoms with Gasteiger partial charge in [0.15, 0.2) is 6.10 Å². The molecule has 0 aliphatic rings. The molecule has 0 aromatic carbocycles. The summed E-state index contributed by atoms with van der Waals surface area (Å²) >= 11 is 0. The van der Waals surface area contributed by atoms with E-state index in [-0.39, 0.29) is 19.4 Å². The minimum absolute atomic E-state index is 0.190. The molecule has 0 radical (unpaired) electrons. The van der Waals surface area contributed by atoms with E-state index in [9.17, 15) is 14.2 Å². The van der Waals surface area contributed by atoms with Crippen LogP contribution in [0.4, 0.5) is 0 Å². The van der Waals surface area contributed by atoms with Crippen LogP contribution in [0.25, 0.3) is 0 Å². The maximum Gasteiger partial charge on any atom is 0.469 e. The van der Waals surface area contributed by atoms with Crippen LogP contribution >= 0.6 is 7.82 Å². The topological polar surface area (TPSA) is 119 Å². The number of ether oxygens (including phenoxy) is 2. The van der Waals surface area contributed by atoms with E-state index in [1.165, 1.54) is 38.5 Å². The van der Waals surface area contributed by atoms with Gasteiger partial charge in [-0.1, -0.05) is 71.6 Å². The molecule has 0 heterocycles. The number of carbonyl (C=O) groups excluding carboxylic acids is 2. The highest BCUT2D eigenvalue weighted by Gasteiger charge is 2.22. The highest BCUT2D eigenvalue weighted by Crippen LogP contribution is 2.35. The van der Waals surface area contributed by atoms with E-state index in [0.717, 1.165) is 25.7 Å². The first-order valence-electron chi connectivity index (χ1n) is 10.8. The summed E-state index contributed by atoms with van der Waals surface area (Å²) in [5, 5.41) is 0. The Labute approximate surface area is 174 Å². The van der Waals surface area contributed by atoms with Gasteiger partial charge in [0.05, 0.1) is 6.61 Å². The van der Waals surface area contributed by atoms with Crippen LogP contribution in [0.2, 0.25) is 0 Å². The summed E-state index contributed by atoms with van der Waals surface area (Å²) in [6, 6.07) is 0. The van der Waals surface area contributed by atoms with Gasteiger partial charge in [0, 0.05) is 12.8 Å². The van der Waals surface area contributed by atoms with Crippen molar-refractivity contribution in [1.82, 2.24) is 0 Å². The van der Waals surface area contributed by atoms with E-state index in [1.807, 2.05) is 6.92 Å². The van der Waals surface area contributed by atoms with Crippen molar-refractivity contribution in [3.8, 4) is 0 Å². The van der Waals surface area contributed by atoms with E-state index in [4.69, 9.17) is 19.3 Å². The van der Waals surface area contributed by atoms with Gasteiger partial charge < -0.3 is 19.3 Å². The second-order valence-corrected chi connectivity index (χ2v) is 8.50. The molecule has 9 heteroatoms. The van der Waals surface area contributed by atoms with Gasteiger partial charge >= 0.3 is 19.8 Å². The summed E-state index contributed by atoms with van der Waals surface area (Å²) in [4.78, 5) is 41.2. The molecule has 0 aliphatic heterocycles. The normalized spacial score (nSPS) is 12.6. The molecule has 0 aromatic heterocycles. The summed E-state index contributed by atoms with van der Waals surface area (Å²) < 4.78 is 25.5. The zero-order valence-electron chi connectivity index (χ0n) is 18.0. The van der Waals surface area contributed by atoms with Gasteiger partial charge in [-0.2, -0.15) is 0 Å². The maximum absolute atomic E-state index is 11.9. The highest BCUT2D eigenvalue weighted by molar-refractivity contribution is 7.46. The lowest BCUT2D eigenvalue weighted by atomic mass is 10.1. The van der Waals surface area contributed by atoms with Crippen LogP contribution in [-0.2, 0) is 28.2 Å². The summed E-state index contributed by atoms with van der Waals surface area (Å²) in [6.45, 7) is 3.31. The van der Waals surface area contributed by atoms with Gasteiger partial charge in [0.1, 0.15) is 6.61 Å². The fraction of sp³-hybridized carbons (Fsp3) is 0.900. The Balaban J connectivity index is 4.04. The molecule has 0 bridgehead atoms. The maximum atomic E-state index is 11.9. The van der Waals surface area contributed by atoms with Crippen molar-refractivity contribution >= 4 is 19.8 Å². The molecule has 2 N–H and O–H groups in total. The average molecular weight is 438 g/mol. The highest BCUT2D eigenvalue weighted by atomic mass is 31.2. The molecule has 29 heavy (non-hydrogen) atoms. The fourth-order valence-corrected chi connectivity index (χ4v) is 3.06. The standard InChI is InChI=1S/C20H39O8P/c1-3-5-7-8-9-10-11-12-13-15-19(21)26-16-18(17-27-29(23,24)25)28-20(22)14-6-4-2/h18H,3-17H2,1-2H3,(H2,23,24,25)/t18-/m1/s1. The van der Waals surface area contributed by atoms with Crippen LogP contribution in [0, 0.1) is 0 Å². The van der Waals surface area contributed by atoms with Gasteiger partial charge in [0.2, 0.25) is 0 Å². The van der Waals surface area contributed by atoms with Gasteiger partial charge in [-0.15, -0.1) is 0 Å². The molecule has 0 amide bonds. The van der Waals surface area contributed by atoms with Crippen molar-refractivity contribution in [2.75, 3.05) is 13.2 Å². The van der Waals surface area contributed by atoms with E-state index in [0.29, 0.717) is 6.42 Å². The van der Waals surface area contributed by atoms with Gasteiger partial charge in [-0.05, 0) is 12.8 Å². The molecule has 0 saturated carbocycles. The number of rotatable bonds is 19. The van der Waals surface area contributed by atoms with Crippen LogP contribution in [0.1, 0.15) is 97.3 Å². The molecule has 1 atom stereocenters. The molecule has 0 fully saturated rings. The second-order valence-electron chi connectivity index (χ2n) is 7.26. The lowest BCUT2D eigenvalue weighted by Crippen LogP contribution is -2.29. The molecule has 0 rings (SSSR count). The van der Waals surface area contributed by atoms with Gasteiger partial charge in [-0.3, -0.25) is 14.1 Å². The zero-order chi connectivity index (χ0) is 22.0. The van der Waals surface area contributed by atoms with E-state index in [1.54, 1.807) is 0 Å². The fourth-order valence-electron chi connectivity index (χ4n) is 2.70. The predicted octanol–water partition coefficient (Wildman–Crippen LogP) is 4.66. The number of hydrogen-bond donors (Lipinski definition) is 2. The van der Waals surface area contributed by atoms with E-state index < -0.39 is 32.5 Å². The quantitative estimate of drug-likeness (QED) is 0.170. The van der Waals surface area contributed by atoms with Crippen molar-refractivity contribution < 1.29 is 37.9 Å². The first-order chi connectivity index (χ1) is 13.8. The number of phosphoric ester groups is 1. The van der Waals surface area contributed by atoms with Crippen LogP contribution in [0.15, 0.2) is 0 Å². The number of phosphoric acid groups is 1. The molecule has 8 nitrogen and oxygen atoms in total. The zero-order valence-corrected chi connectivity index (χ0v) is 18.9. The van der Waals surface area contributed by atoms with Crippen molar-refractivity contribution in [3.05, 3.63) is 0 Å². The van der Waals surface area contributed by atoms with Crippen molar-refractivity contribution in [1.29, 1.82) is 0 Å². The average Bonchev–Trinajstić information content (AvgIpc) is 2.66. The molecule has 0 saturated heterocycles. The Morgan fingerprint density at radius 1 is 0.759 bits per heavy atom. The third-order valence-electron chi connectivity index (χ3n) is 4.38. The predicted molar refractivity (Wildman–Crippen MR) is 110 cm³/mol. The SMILES string of the molecule is CCCCCCCCCCCC(=O)OC[C@H](COP(=O)(O)O)OC(=O)CCCC. The molecule has 0 unspecified atom stereocenters. The first-order valence-corrected chi connectivity index (χ1v) is 12.4. The first kappa shape index (κ1) is 28.1. The molecule has 0 aliphatic carbocycles. The second kappa shape index (κ2) is 17.9. The third kappa shape index (κ3) is 20.1. The Morgan fingerprint density at radius 3 is 1.83 bits per heavy atom. The lowest BCUT2D eigenvalue weighted by molar-refractivity contribution is -0.161. The van der Waals surface area contributed by atoms with Crippen molar-refractivity contribution in [3.63, 3.8) is 0 Å². The lowest BCUT2D eigenvalue weighted by Gasteiger charge is -2.18. The molecule has 0 aromatic rings. The molecule has 172 valence electrons. The summed E-state index contributed by atoms with van der Waals surface area (Å²) in [5.41, 5.74) is 0. The number of esters is 2. The Hall–Kier alpha value is -0.950. The van der Waals surface area contributed by atoms with E-state index >= 15 is 0 Å². The van der Waals surface area contributed by atoms with Crippen LogP contribution in [0.3, 0.4) is 0 Å². The van der Waals surface area contributed by atoms with E-state index in [2.05, 4.69) is 11.4 Å². The minimum Gasteiger partial charge on any atom is -0.462 e.